The quantitative estimate of drug-likeness (QED) is 0.733. The number of para-hydroxylation sites is 1. The zero-order chi connectivity index (χ0) is 19.2. The van der Waals surface area contributed by atoms with Gasteiger partial charge < -0.3 is 20.1 Å². The molecule has 0 radical (unpaired) electrons. The first kappa shape index (κ1) is 19.1. The minimum Gasteiger partial charge on any atom is -0.351 e. The predicted octanol–water partition coefficient (Wildman–Crippen LogP) is 2.15. The standard InChI is InChI=1S/C20H27N5O2/c1-24(2)13-8-12-21-19(26)17-16-11-6-7-14-25(16)18(23-17)20(27)22-15-9-4-3-5-10-15/h3-5,9-10H,6-8,11-14H2,1-2H3,(H,21,26)(H,22,27). The van der Waals surface area contributed by atoms with Crippen molar-refractivity contribution in [1.82, 2.24) is 19.8 Å². The third kappa shape index (κ3) is 4.74. The van der Waals surface area contributed by atoms with Crippen LogP contribution in [0.1, 0.15) is 46.1 Å². The molecule has 0 unspecified atom stereocenters. The molecule has 7 heteroatoms. The number of hydrogen-bond acceptors (Lipinski definition) is 4. The molecule has 0 aliphatic carbocycles. The molecule has 2 N–H and O–H groups in total. The fourth-order valence-corrected chi connectivity index (χ4v) is 3.29. The molecule has 0 atom stereocenters. The van der Waals surface area contributed by atoms with Gasteiger partial charge in [0.25, 0.3) is 11.8 Å². The molecule has 7 nitrogen and oxygen atoms in total. The van der Waals surface area contributed by atoms with Gasteiger partial charge in [-0.1, -0.05) is 18.2 Å². The lowest BCUT2D eigenvalue weighted by molar-refractivity contribution is 0.0946. The Morgan fingerprint density at radius 3 is 2.67 bits per heavy atom. The predicted molar refractivity (Wildman–Crippen MR) is 105 cm³/mol. The highest BCUT2D eigenvalue weighted by Crippen LogP contribution is 2.22. The van der Waals surface area contributed by atoms with Crippen LogP contribution in [-0.2, 0) is 13.0 Å². The zero-order valence-corrected chi connectivity index (χ0v) is 16.0. The van der Waals surface area contributed by atoms with Gasteiger partial charge in [-0.15, -0.1) is 0 Å². The van der Waals surface area contributed by atoms with E-state index >= 15 is 0 Å². The molecule has 27 heavy (non-hydrogen) atoms. The highest BCUT2D eigenvalue weighted by molar-refractivity contribution is 6.03. The molecule has 0 saturated carbocycles. The van der Waals surface area contributed by atoms with E-state index in [1.807, 2.05) is 49.0 Å². The normalized spacial score (nSPS) is 13.3. The maximum Gasteiger partial charge on any atom is 0.291 e. The van der Waals surface area contributed by atoms with Crippen molar-refractivity contribution in [3.63, 3.8) is 0 Å². The third-order valence-electron chi connectivity index (χ3n) is 4.64. The molecule has 1 aromatic heterocycles. The average molecular weight is 369 g/mol. The number of aromatic nitrogens is 2. The molecule has 2 heterocycles. The smallest absolute Gasteiger partial charge is 0.291 e. The largest absolute Gasteiger partial charge is 0.351 e. The van der Waals surface area contributed by atoms with Gasteiger partial charge in [0.05, 0.1) is 5.69 Å². The molecular weight excluding hydrogens is 342 g/mol. The van der Waals surface area contributed by atoms with Crippen LogP contribution in [0.15, 0.2) is 30.3 Å². The highest BCUT2D eigenvalue weighted by Gasteiger charge is 2.27. The minimum absolute atomic E-state index is 0.196. The molecule has 2 aromatic rings. The SMILES string of the molecule is CN(C)CCCNC(=O)c1nc(C(=O)Nc2ccccc2)n2c1CCCC2. The number of rotatable bonds is 7. The Morgan fingerprint density at radius 1 is 1.15 bits per heavy atom. The molecule has 2 amide bonds. The van der Waals surface area contributed by atoms with Crippen LogP contribution < -0.4 is 10.6 Å². The first-order valence-corrected chi connectivity index (χ1v) is 9.45. The Bertz CT molecular complexity index is 798. The number of anilines is 1. The molecule has 1 aliphatic heterocycles. The summed E-state index contributed by atoms with van der Waals surface area (Å²) < 4.78 is 1.90. The van der Waals surface area contributed by atoms with Gasteiger partial charge in [-0.25, -0.2) is 4.98 Å². The lowest BCUT2D eigenvalue weighted by Crippen LogP contribution is -2.28. The van der Waals surface area contributed by atoms with E-state index in [0.717, 1.165) is 37.9 Å². The molecule has 3 rings (SSSR count). The minimum atomic E-state index is -0.281. The van der Waals surface area contributed by atoms with E-state index in [2.05, 4.69) is 20.5 Å². The summed E-state index contributed by atoms with van der Waals surface area (Å²) in [7, 11) is 4.01. The van der Waals surface area contributed by atoms with Crippen molar-refractivity contribution in [3.8, 4) is 0 Å². The zero-order valence-electron chi connectivity index (χ0n) is 16.0. The molecule has 144 valence electrons. The van der Waals surface area contributed by atoms with Crippen molar-refractivity contribution in [1.29, 1.82) is 0 Å². The monoisotopic (exact) mass is 369 g/mol. The molecule has 0 fully saturated rings. The van der Waals surface area contributed by atoms with E-state index in [0.29, 0.717) is 30.3 Å². The van der Waals surface area contributed by atoms with E-state index < -0.39 is 0 Å². The van der Waals surface area contributed by atoms with Crippen molar-refractivity contribution in [2.45, 2.75) is 32.2 Å². The number of carbonyl (C=O) groups is 2. The van der Waals surface area contributed by atoms with Crippen LogP contribution in [-0.4, -0.2) is 53.5 Å². The van der Waals surface area contributed by atoms with Gasteiger partial charge in [0, 0.05) is 18.8 Å². The second-order valence-corrected chi connectivity index (χ2v) is 7.07. The van der Waals surface area contributed by atoms with Crippen molar-refractivity contribution in [2.75, 3.05) is 32.5 Å². The number of nitrogens with one attached hydrogen (secondary N) is 2. The first-order chi connectivity index (χ1) is 13.1. The van der Waals surface area contributed by atoms with Crippen LogP contribution in [0, 0.1) is 0 Å². The van der Waals surface area contributed by atoms with Gasteiger partial charge >= 0.3 is 0 Å². The number of benzene rings is 1. The summed E-state index contributed by atoms with van der Waals surface area (Å²) in [6, 6.07) is 9.28. The van der Waals surface area contributed by atoms with E-state index in [-0.39, 0.29) is 11.8 Å². The maximum atomic E-state index is 12.7. The van der Waals surface area contributed by atoms with E-state index in [4.69, 9.17) is 0 Å². The van der Waals surface area contributed by atoms with E-state index in [9.17, 15) is 9.59 Å². The van der Waals surface area contributed by atoms with Crippen molar-refractivity contribution >= 4 is 17.5 Å². The highest BCUT2D eigenvalue weighted by atomic mass is 16.2. The van der Waals surface area contributed by atoms with Crippen molar-refractivity contribution < 1.29 is 9.59 Å². The van der Waals surface area contributed by atoms with Crippen LogP contribution >= 0.6 is 0 Å². The van der Waals surface area contributed by atoms with Crippen molar-refractivity contribution in [2.24, 2.45) is 0 Å². The van der Waals surface area contributed by atoms with Crippen LogP contribution in [0.3, 0.4) is 0 Å². The number of fused-ring (bicyclic) bond motifs is 1. The molecular formula is C20H27N5O2. The summed E-state index contributed by atoms with van der Waals surface area (Å²) in [5, 5.41) is 5.80. The Labute approximate surface area is 159 Å². The van der Waals surface area contributed by atoms with Gasteiger partial charge in [-0.2, -0.15) is 0 Å². The van der Waals surface area contributed by atoms with Crippen LogP contribution in [0.2, 0.25) is 0 Å². The summed E-state index contributed by atoms with van der Waals surface area (Å²) in [6.07, 6.45) is 3.63. The molecule has 1 aromatic carbocycles. The lowest BCUT2D eigenvalue weighted by Gasteiger charge is -2.17. The Kier molecular flexibility index (Phi) is 6.24. The average Bonchev–Trinajstić information content (AvgIpc) is 3.06. The Morgan fingerprint density at radius 2 is 1.93 bits per heavy atom. The van der Waals surface area contributed by atoms with Gasteiger partial charge in [0.2, 0.25) is 0 Å². The summed E-state index contributed by atoms with van der Waals surface area (Å²) in [4.78, 5) is 31.9. The second-order valence-electron chi connectivity index (χ2n) is 7.07. The summed E-state index contributed by atoms with van der Waals surface area (Å²) in [5.74, 6) is -0.166. The van der Waals surface area contributed by atoms with E-state index in [1.54, 1.807) is 0 Å². The summed E-state index contributed by atoms with van der Waals surface area (Å²) in [6.45, 7) is 2.22. The van der Waals surface area contributed by atoms with E-state index in [1.165, 1.54) is 0 Å². The first-order valence-electron chi connectivity index (χ1n) is 9.45. The fourth-order valence-electron chi connectivity index (χ4n) is 3.29. The summed E-state index contributed by atoms with van der Waals surface area (Å²) >= 11 is 0. The van der Waals surface area contributed by atoms with Gasteiger partial charge in [0.15, 0.2) is 5.82 Å². The fraction of sp³-hybridized carbons (Fsp3) is 0.450. The van der Waals surface area contributed by atoms with Gasteiger partial charge in [-0.05, 0) is 58.5 Å². The Balaban J connectivity index is 1.75. The van der Waals surface area contributed by atoms with Gasteiger partial charge in [0.1, 0.15) is 5.69 Å². The second kappa shape index (κ2) is 8.81. The molecule has 1 aliphatic rings. The number of imidazole rings is 1. The van der Waals surface area contributed by atoms with Crippen LogP contribution in [0.4, 0.5) is 5.69 Å². The summed E-state index contributed by atoms with van der Waals surface area (Å²) in [5.41, 5.74) is 1.97. The number of amides is 2. The van der Waals surface area contributed by atoms with Crippen molar-refractivity contribution in [3.05, 3.63) is 47.5 Å². The topological polar surface area (TPSA) is 79.3 Å². The Hall–Kier alpha value is -2.67. The number of hydrogen-bond donors (Lipinski definition) is 2. The third-order valence-corrected chi connectivity index (χ3v) is 4.64. The number of carbonyl (C=O) groups excluding carboxylic acids is 2. The molecule has 0 spiro atoms. The lowest BCUT2D eigenvalue weighted by atomic mass is 10.1. The number of nitrogens with zero attached hydrogens (tertiary/aromatic N) is 3. The maximum absolute atomic E-state index is 12.7. The molecule has 0 bridgehead atoms. The van der Waals surface area contributed by atoms with Crippen LogP contribution in [0.5, 0.6) is 0 Å². The molecule has 0 saturated heterocycles. The van der Waals surface area contributed by atoms with Gasteiger partial charge in [-0.3, -0.25) is 9.59 Å². The van der Waals surface area contributed by atoms with Crippen LogP contribution in [0.25, 0.3) is 0 Å².